The third-order valence-corrected chi connectivity index (χ3v) is 4.99. The molecule has 5 nitrogen and oxygen atoms in total. The number of aromatic nitrogens is 2. The summed E-state index contributed by atoms with van der Waals surface area (Å²) in [6, 6.07) is 3.72. The molecule has 0 bridgehead atoms. The van der Waals surface area contributed by atoms with Gasteiger partial charge in [0, 0.05) is 24.1 Å². The molecule has 0 aliphatic carbocycles. The maximum absolute atomic E-state index is 11.9. The van der Waals surface area contributed by atoms with Gasteiger partial charge in [-0.15, -0.1) is 21.5 Å². The monoisotopic (exact) mass is 337 g/mol. The van der Waals surface area contributed by atoms with Gasteiger partial charge in [-0.2, -0.15) is 0 Å². The molecular weight excluding hydrogens is 318 g/mol. The van der Waals surface area contributed by atoms with Crippen LogP contribution in [0.25, 0.3) is 0 Å². The predicted molar refractivity (Wildman–Crippen MR) is 89.8 cm³/mol. The Balaban J connectivity index is 1.78. The maximum Gasteiger partial charge on any atom is 0.226 e. The van der Waals surface area contributed by atoms with Crippen molar-refractivity contribution >= 4 is 39.5 Å². The second-order valence-corrected chi connectivity index (χ2v) is 7.34. The zero-order valence-corrected chi connectivity index (χ0v) is 14.4. The molecule has 118 valence electrons. The fourth-order valence-corrected chi connectivity index (χ4v) is 3.48. The van der Waals surface area contributed by atoms with Crippen molar-refractivity contribution in [3.8, 4) is 0 Å². The van der Waals surface area contributed by atoms with Gasteiger partial charge < -0.3 is 5.32 Å². The van der Waals surface area contributed by atoms with Crippen molar-refractivity contribution in [2.24, 2.45) is 0 Å². The van der Waals surface area contributed by atoms with Gasteiger partial charge >= 0.3 is 0 Å². The molecule has 0 unspecified atom stereocenters. The molecule has 1 N–H and O–H groups in total. The first-order chi connectivity index (χ1) is 10.6. The third-order valence-electron chi connectivity index (χ3n) is 3.05. The minimum atomic E-state index is -0.195. The standard InChI is InChI=1S/C15H19N3O2S2/c1-3-4-5-14-17-18-15(22-14)16-13(20)9-7-11(19)12-8-6-10(2)21-12/h6,8H,3-5,7,9H2,1-2H3,(H,16,18,20). The van der Waals surface area contributed by atoms with E-state index in [0.717, 1.165) is 29.1 Å². The number of Topliss-reactive ketones (excluding diaryl/α,β-unsaturated/α-hetero) is 1. The Morgan fingerprint density at radius 3 is 2.68 bits per heavy atom. The summed E-state index contributed by atoms with van der Waals surface area (Å²) >= 11 is 2.86. The van der Waals surface area contributed by atoms with Crippen molar-refractivity contribution in [3.05, 3.63) is 26.9 Å². The lowest BCUT2D eigenvalue weighted by atomic mass is 10.2. The van der Waals surface area contributed by atoms with Crippen LogP contribution < -0.4 is 5.32 Å². The van der Waals surface area contributed by atoms with Crippen molar-refractivity contribution in [3.63, 3.8) is 0 Å². The minimum absolute atomic E-state index is 0.00847. The first kappa shape index (κ1) is 16.8. The van der Waals surface area contributed by atoms with Crippen LogP contribution in [0.15, 0.2) is 12.1 Å². The summed E-state index contributed by atoms with van der Waals surface area (Å²) in [7, 11) is 0. The van der Waals surface area contributed by atoms with Gasteiger partial charge in [0.05, 0.1) is 4.88 Å². The number of amides is 1. The highest BCUT2D eigenvalue weighted by molar-refractivity contribution is 7.15. The molecule has 0 saturated heterocycles. The zero-order chi connectivity index (χ0) is 15.9. The summed E-state index contributed by atoms with van der Waals surface area (Å²) in [5, 5.41) is 12.1. The number of nitrogens with zero attached hydrogens (tertiary/aromatic N) is 2. The molecule has 7 heteroatoms. The lowest BCUT2D eigenvalue weighted by molar-refractivity contribution is -0.116. The number of rotatable bonds is 8. The smallest absolute Gasteiger partial charge is 0.226 e. The Morgan fingerprint density at radius 2 is 2.00 bits per heavy atom. The summed E-state index contributed by atoms with van der Waals surface area (Å²) in [4.78, 5) is 25.6. The van der Waals surface area contributed by atoms with E-state index in [-0.39, 0.29) is 24.5 Å². The van der Waals surface area contributed by atoms with E-state index in [1.165, 1.54) is 22.7 Å². The molecule has 0 aromatic carbocycles. The number of thiophene rings is 1. The van der Waals surface area contributed by atoms with Crippen LogP contribution in [0.1, 0.15) is 52.2 Å². The van der Waals surface area contributed by atoms with Crippen molar-refractivity contribution < 1.29 is 9.59 Å². The summed E-state index contributed by atoms with van der Waals surface area (Å²) in [6.07, 6.45) is 3.44. The zero-order valence-electron chi connectivity index (χ0n) is 12.7. The van der Waals surface area contributed by atoms with Crippen molar-refractivity contribution in [1.82, 2.24) is 10.2 Å². The lowest BCUT2D eigenvalue weighted by Crippen LogP contribution is -2.13. The van der Waals surface area contributed by atoms with Gasteiger partial charge in [-0.3, -0.25) is 9.59 Å². The summed E-state index contributed by atoms with van der Waals surface area (Å²) in [5.41, 5.74) is 0. The van der Waals surface area contributed by atoms with E-state index >= 15 is 0 Å². The quantitative estimate of drug-likeness (QED) is 0.743. The van der Waals surface area contributed by atoms with Crippen molar-refractivity contribution in [2.45, 2.75) is 46.0 Å². The average molecular weight is 337 g/mol. The number of anilines is 1. The highest BCUT2D eigenvalue weighted by atomic mass is 32.1. The fraction of sp³-hybridized carbons (Fsp3) is 0.467. The number of unbranched alkanes of at least 4 members (excludes halogenated alkanes) is 1. The van der Waals surface area contributed by atoms with Gasteiger partial charge in [0.15, 0.2) is 5.78 Å². The van der Waals surface area contributed by atoms with Gasteiger partial charge in [0.25, 0.3) is 0 Å². The van der Waals surface area contributed by atoms with Crippen LogP contribution in [0, 0.1) is 6.92 Å². The minimum Gasteiger partial charge on any atom is -0.301 e. The van der Waals surface area contributed by atoms with E-state index in [0.29, 0.717) is 10.0 Å². The van der Waals surface area contributed by atoms with Crippen LogP contribution in [-0.4, -0.2) is 21.9 Å². The molecule has 0 saturated carbocycles. The Hall–Kier alpha value is -1.60. The maximum atomic E-state index is 11.9. The van der Waals surface area contributed by atoms with E-state index in [1.807, 2.05) is 19.1 Å². The van der Waals surface area contributed by atoms with E-state index < -0.39 is 0 Å². The molecule has 0 atom stereocenters. The highest BCUT2D eigenvalue weighted by Crippen LogP contribution is 2.19. The van der Waals surface area contributed by atoms with E-state index in [2.05, 4.69) is 22.4 Å². The number of hydrogen-bond acceptors (Lipinski definition) is 6. The summed E-state index contributed by atoms with van der Waals surface area (Å²) < 4.78 is 0. The second-order valence-electron chi connectivity index (χ2n) is 4.99. The van der Waals surface area contributed by atoms with Crippen molar-refractivity contribution in [1.29, 1.82) is 0 Å². The number of ketones is 1. The first-order valence-electron chi connectivity index (χ1n) is 7.30. The van der Waals surface area contributed by atoms with Crippen LogP contribution in [-0.2, 0) is 11.2 Å². The number of carbonyl (C=O) groups is 2. The fourth-order valence-electron chi connectivity index (χ4n) is 1.85. The molecule has 2 heterocycles. The molecule has 0 aliphatic rings. The third kappa shape index (κ3) is 4.99. The van der Waals surface area contributed by atoms with Crippen LogP contribution in [0.5, 0.6) is 0 Å². The molecule has 2 rings (SSSR count). The topological polar surface area (TPSA) is 72.0 Å². The predicted octanol–water partition coefficient (Wildman–Crippen LogP) is 3.85. The van der Waals surface area contributed by atoms with Crippen LogP contribution >= 0.6 is 22.7 Å². The molecule has 22 heavy (non-hydrogen) atoms. The molecule has 2 aromatic heterocycles. The molecule has 1 amide bonds. The average Bonchev–Trinajstić information content (AvgIpc) is 3.11. The van der Waals surface area contributed by atoms with Crippen molar-refractivity contribution in [2.75, 3.05) is 5.32 Å². The number of carbonyl (C=O) groups excluding carboxylic acids is 2. The lowest BCUT2D eigenvalue weighted by Gasteiger charge is -2.00. The van der Waals surface area contributed by atoms with E-state index in [1.54, 1.807) is 0 Å². The Morgan fingerprint density at radius 1 is 1.18 bits per heavy atom. The number of aryl methyl sites for hydroxylation is 2. The van der Waals surface area contributed by atoms with Crippen LogP contribution in [0.3, 0.4) is 0 Å². The second kappa shape index (κ2) is 8.14. The first-order valence-corrected chi connectivity index (χ1v) is 8.93. The molecule has 0 aliphatic heterocycles. The Bertz CT molecular complexity index is 649. The number of nitrogens with one attached hydrogen (secondary N) is 1. The van der Waals surface area contributed by atoms with Gasteiger partial charge in [-0.25, -0.2) is 0 Å². The van der Waals surface area contributed by atoms with E-state index in [9.17, 15) is 9.59 Å². The largest absolute Gasteiger partial charge is 0.301 e. The molecule has 2 aromatic rings. The van der Waals surface area contributed by atoms with Crippen LogP contribution in [0.4, 0.5) is 5.13 Å². The Labute approximate surface area is 137 Å². The van der Waals surface area contributed by atoms with Gasteiger partial charge in [-0.05, 0) is 25.5 Å². The van der Waals surface area contributed by atoms with Gasteiger partial charge in [0.1, 0.15) is 5.01 Å². The normalized spacial score (nSPS) is 10.6. The molecule has 0 spiro atoms. The summed E-state index contributed by atoms with van der Waals surface area (Å²) in [6.45, 7) is 4.08. The molecular formula is C15H19N3O2S2. The molecule has 0 radical (unpaired) electrons. The Kier molecular flexibility index (Phi) is 6.21. The van der Waals surface area contributed by atoms with E-state index in [4.69, 9.17) is 0 Å². The van der Waals surface area contributed by atoms with Gasteiger partial charge in [-0.1, -0.05) is 24.7 Å². The SMILES string of the molecule is CCCCc1nnc(NC(=O)CCC(=O)c2ccc(C)s2)s1. The highest BCUT2D eigenvalue weighted by Gasteiger charge is 2.12. The number of hydrogen-bond donors (Lipinski definition) is 1. The molecule has 0 fully saturated rings. The van der Waals surface area contributed by atoms with Gasteiger partial charge in [0.2, 0.25) is 11.0 Å². The van der Waals surface area contributed by atoms with Crippen LogP contribution in [0.2, 0.25) is 0 Å². The summed E-state index contributed by atoms with van der Waals surface area (Å²) in [5.74, 6) is -0.186.